The molecule has 0 aliphatic carbocycles. The molecule has 258 valence electrons. The van der Waals surface area contributed by atoms with Crippen LogP contribution in [0.5, 0.6) is 5.75 Å². The largest absolute Gasteiger partial charge is 0.490 e. The quantitative estimate of drug-likeness (QED) is 0.181. The lowest BCUT2D eigenvalue weighted by atomic mass is 9.93. The van der Waals surface area contributed by atoms with E-state index in [-0.39, 0.29) is 35.5 Å². The van der Waals surface area contributed by atoms with Crippen molar-refractivity contribution < 1.29 is 27.4 Å². The van der Waals surface area contributed by atoms with Crippen molar-refractivity contribution in [3.8, 4) is 5.75 Å². The topological polar surface area (TPSA) is 54.4 Å². The van der Waals surface area contributed by atoms with E-state index in [0.717, 1.165) is 48.5 Å². The first kappa shape index (κ1) is 36.7. The summed E-state index contributed by atoms with van der Waals surface area (Å²) in [6.07, 6.45) is -5.04. The van der Waals surface area contributed by atoms with Crippen molar-refractivity contribution in [2.75, 3.05) is 26.3 Å². The molecule has 0 saturated carbocycles. The Kier molecular flexibility index (Phi) is 11.6. The molecule has 4 aromatic rings. The highest BCUT2D eigenvalue weighted by Crippen LogP contribution is 2.46. The molecule has 2 heterocycles. The van der Waals surface area contributed by atoms with E-state index >= 15 is 0 Å². The lowest BCUT2D eigenvalue weighted by molar-refractivity contribution is -0.137. The number of hydrogen-bond donors (Lipinski definition) is 0. The molecule has 0 radical (unpaired) electrons. The van der Waals surface area contributed by atoms with Gasteiger partial charge in [-0.25, -0.2) is 0 Å². The number of morpholine rings is 1. The number of amides is 1. The summed E-state index contributed by atoms with van der Waals surface area (Å²) in [5.74, 6) is -0.191. The summed E-state index contributed by atoms with van der Waals surface area (Å²) < 4.78 is 53.0. The molecule has 0 bridgehead atoms. The maximum atomic E-state index is 14.7. The van der Waals surface area contributed by atoms with E-state index in [1.165, 1.54) is 6.07 Å². The summed E-state index contributed by atoms with van der Waals surface area (Å²) in [6, 6.07) is 23.7. The fourth-order valence-corrected chi connectivity index (χ4v) is 6.26. The molecule has 2 unspecified atom stereocenters. The monoisotopic (exact) mass is 731 g/mol. The van der Waals surface area contributed by atoms with Gasteiger partial charge in [0.2, 0.25) is 0 Å². The first-order valence-corrected chi connectivity index (χ1v) is 16.4. The van der Waals surface area contributed by atoms with Crippen LogP contribution in [-0.2, 0) is 17.5 Å². The minimum Gasteiger partial charge on any atom is -0.490 e. The highest BCUT2D eigenvalue weighted by Gasteiger charge is 2.44. The third-order valence-corrected chi connectivity index (χ3v) is 8.84. The third kappa shape index (κ3) is 8.41. The fourth-order valence-electron chi connectivity index (χ4n) is 6.01. The van der Waals surface area contributed by atoms with Gasteiger partial charge in [0.05, 0.1) is 36.5 Å². The second-order valence-electron chi connectivity index (χ2n) is 12.1. The molecule has 12 heteroatoms. The molecule has 2 aliphatic rings. The summed E-state index contributed by atoms with van der Waals surface area (Å²) in [7, 11) is 0. The minimum atomic E-state index is -4.60. The lowest BCUT2D eigenvalue weighted by Gasteiger charge is -2.30. The number of hydrogen-bond acceptors (Lipinski definition) is 5. The predicted octanol–water partition coefficient (Wildman–Crippen LogP) is 9.44. The second-order valence-corrected chi connectivity index (χ2v) is 13.0. The Hall–Kier alpha value is -3.60. The van der Waals surface area contributed by atoms with Gasteiger partial charge in [-0.1, -0.05) is 59.6 Å². The van der Waals surface area contributed by atoms with E-state index in [2.05, 4.69) is 4.90 Å². The van der Waals surface area contributed by atoms with E-state index in [1.807, 2.05) is 36.4 Å². The highest BCUT2D eigenvalue weighted by molar-refractivity contribution is 6.30. The zero-order valence-electron chi connectivity index (χ0n) is 26.8. The summed E-state index contributed by atoms with van der Waals surface area (Å²) in [5.41, 5.74) is 2.37. The number of benzene rings is 4. The Bertz CT molecular complexity index is 1780. The first-order chi connectivity index (χ1) is 23.0. The molecule has 49 heavy (non-hydrogen) atoms. The van der Waals surface area contributed by atoms with Crippen LogP contribution in [0, 0.1) is 0 Å². The van der Waals surface area contributed by atoms with Gasteiger partial charge >= 0.3 is 6.18 Å². The first-order valence-electron chi connectivity index (χ1n) is 15.7. The standard InChI is InChI=1S/C37H34Cl2F3N3O3.ClH/c1-23(2)48-32-21-28(37(40,41)42)11-16-31(32)35-43-33(25-7-12-29(38)13-8-25)34(26-9-14-30(39)15-10-26)45(35)36(46)27-5-3-24(4-6-27)22-44-17-19-47-20-18-44;/h3-16,21,23,33-34H,17-20,22H2,1-2H3;1H. The number of carbonyl (C=O) groups is 1. The molecule has 6 rings (SSSR count). The zero-order chi connectivity index (χ0) is 34.0. The van der Waals surface area contributed by atoms with Crippen LogP contribution >= 0.6 is 35.6 Å². The van der Waals surface area contributed by atoms with E-state index in [1.54, 1.807) is 55.1 Å². The Labute approximate surface area is 299 Å². The van der Waals surface area contributed by atoms with Gasteiger partial charge in [0, 0.05) is 35.2 Å². The minimum absolute atomic E-state index is 0. The maximum absolute atomic E-state index is 14.7. The zero-order valence-corrected chi connectivity index (χ0v) is 29.1. The highest BCUT2D eigenvalue weighted by atomic mass is 35.5. The molecule has 0 spiro atoms. The smallest absolute Gasteiger partial charge is 0.416 e. The van der Waals surface area contributed by atoms with Gasteiger partial charge in [-0.3, -0.25) is 19.6 Å². The molecule has 0 N–H and O–H groups in total. The Morgan fingerprint density at radius 3 is 2.06 bits per heavy atom. The molecule has 2 atom stereocenters. The second kappa shape index (κ2) is 15.5. The fraction of sp³-hybridized carbons (Fsp3) is 0.297. The van der Waals surface area contributed by atoms with E-state index in [9.17, 15) is 18.0 Å². The molecular weight excluding hydrogens is 698 g/mol. The van der Waals surface area contributed by atoms with Crippen molar-refractivity contribution in [2.45, 2.75) is 44.8 Å². The summed E-state index contributed by atoms with van der Waals surface area (Å²) in [4.78, 5) is 23.7. The van der Waals surface area contributed by atoms with Gasteiger partial charge in [-0.15, -0.1) is 12.4 Å². The number of aliphatic imine (C=N–C) groups is 1. The van der Waals surface area contributed by atoms with Crippen LogP contribution in [0.4, 0.5) is 13.2 Å². The molecular formula is C37H35Cl3F3N3O3. The third-order valence-electron chi connectivity index (χ3n) is 8.33. The van der Waals surface area contributed by atoms with Gasteiger partial charge < -0.3 is 9.47 Å². The molecule has 1 fully saturated rings. The Morgan fingerprint density at radius 2 is 1.49 bits per heavy atom. The van der Waals surface area contributed by atoms with Crippen LogP contribution in [0.3, 0.4) is 0 Å². The van der Waals surface area contributed by atoms with Crippen LogP contribution in [0.2, 0.25) is 10.0 Å². The van der Waals surface area contributed by atoms with Crippen molar-refractivity contribution in [3.05, 3.63) is 134 Å². The van der Waals surface area contributed by atoms with Crippen molar-refractivity contribution in [2.24, 2.45) is 4.99 Å². The number of rotatable bonds is 8. The summed E-state index contributed by atoms with van der Waals surface area (Å²) in [6.45, 7) is 7.21. The van der Waals surface area contributed by atoms with Crippen LogP contribution in [0.1, 0.15) is 64.1 Å². The van der Waals surface area contributed by atoms with Crippen molar-refractivity contribution in [1.82, 2.24) is 9.80 Å². The van der Waals surface area contributed by atoms with E-state index in [4.69, 9.17) is 37.7 Å². The number of nitrogens with zero attached hydrogens (tertiary/aromatic N) is 3. The van der Waals surface area contributed by atoms with Crippen LogP contribution in [0.25, 0.3) is 0 Å². The lowest BCUT2D eigenvalue weighted by Crippen LogP contribution is -2.38. The molecule has 0 aromatic heterocycles. The molecule has 2 aliphatic heterocycles. The molecule has 1 saturated heterocycles. The van der Waals surface area contributed by atoms with Crippen LogP contribution in [-0.4, -0.2) is 53.9 Å². The van der Waals surface area contributed by atoms with Gasteiger partial charge in [0.15, 0.2) is 0 Å². The molecule has 4 aromatic carbocycles. The van der Waals surface area contributed by atoms with Gasteiger partial charge in [0.25, 0.3) is 5.91 Å². The molecule has 6 nitrogen and oxygen atoms in total. The average Bonchev–Trinajstić information content (AvgIpc) is 3.45. The Balaban J connectivity index is 0.00000468. The predicted molar refractivity (Wildman–Crippen MR) is 188 cm³/mol. The SMILES string of the molecule is CC(C)Oc1cc(C(F)(F)F)ccc1C1=NC(c2ccc(Cl)cc2)C(c2ccc(Cl)cc2)N1C(=O)c1ccc(CN2CCOCC2)cc1.Cl. The van der Waals surface area contributed by atoms with Crippen LogP contribution in [0.15, 0.2) is 96.0 Å². The summed E-state index contributed by atoms with van der Waals surface area (Å²) >= 11 is 12.5. The van der Waals surface area contributed by atoms with Gasteiger partial charge in [0.1, 0.15) is 17.6 Å². The van der Waals surface area contributed by atoms with Gasteiger partial charge in [-0.2, -0.15) is 13.2 Å². The average molecular weight is 733 g/mol. The van der Waals surface area contributed by atoms with Crippen LogP contribution < -0.4 is 4.74 Å². The van der Waals surface area contributed by atoms with Gasteiger partial charge in [-0.05, 0) is 85.1 Å². The van der Waals surface area contributed by atoms with Crippen molar-refractivity contribution >= 4 is 47.4 Å². The normalized spacial score (nSPS) is 18.3. The summed E-state index contributed by atoms with van der Waals surface area (Å²) in [5, 5.41) is 1.05. The Morgan fingerprint density at radius 1 is 0.898 bits per heavy atom. The van der Waals surface area contributed by atoms with E-state index < -0.39 is 29.9 Å². The van der Waals surface area contributed by atoms with Crippen molar-refractivity contribution in [1.29, 1.82) is 0 Å². The number of ether oxygens (including phenoxy) is 2. The van der Waals surface area contributed by atoms with E-state index in [0.29, 0.717) is 28.8 Å². The van der Waals surface area contributed by atoms with Crippen molar-refractivity contribution in [3.63, 3.8) is 0 Å². The number of amidine groups is 1. The molecule has 1 amide bonds. The number of alkyl halides is 3. The number of carbonyl (C=O) groups excluding carboxylic acids is 1. The maximum Gasteiger partial charge on any atom is 0.416 e. The number of halogens is 6.